The van der Waals surface area contributed by atoms with E-state index in [2.05, 4.69) is 0 Å². The summed E-state index contributed by atoms with van der Waals surface area (Å²) in [6.45, 7) is 3.22. The van der Waals surface area contributed by atoms with Crippen LogP contribution in [0.1, 0.15) is 13.8 Å². The fourth-order valence-electron chi connectivity index (χ4n) is 1.10. The fourth-order valence-corrected chi connectivity index (χ4v) is 2.01. The van der Waals surface area contributed by atoms with Crippen molar-refractivity contribution in [2.24, 2.45) is 0 Å². The molecule has 1 atom stereocenters. The van der Waals surface area contributed by atoms with E-state index in [4.69, 9.17) is 9.47 Å². The lowest BCUT2D eigenvalue weighted by atomic mass is 10.4. The van der Waals surface area contributed by atoms with Gasteiger partial charge in [0.25, 0.3) is 0 Å². The molecule has 0 heterocycles. The molecule has 0 spiro atoms. The Hall–Kier alpha value is -1.49. The molecule has 92 valence electrons. The van der Waals surface area contributed by atoms with Crippen LogP contribution in [0.5, 0.6) is 0 Å². The third-order valence-electron chi connectivity index (χ3n) is 1.74. The minimum atomic E-state index is -0.949. The monoisotopic (exact) mass is 254 g/mol. The molecule has 0 saturated carbocycles. The first-order chi connectivity index (χ1) is 8.13. The average Bonchev–Trinajstić information content (AvgIpc) is 2.29. The number of benzene rings is 1. The molecule has 1 unspecified atom stereocenters. The van der Waals surface area contributed by atoms with Crippen molar-refractivity contribution in [3.05, 3.63) is 30.3 Å². The summed E-state index contributed by atoms with van der Waals surface area (Å²) in [5, 5.41) is 0. The SMILES string of the molecule is CCOC(=O)C(OC(C)=O)Sc1ccccc1. The predicted molar refractivity (Wildman–Crippen MR) is 64.5 cm³/mol. The summed E-state index contributed by atoms with van der Waals surface area (Å²) in [4.78, 5) is 23.3. The van der Waals surface area contributed by atoms with E-state index >= 15 is 0 Å². The Bertz CT molecular complexity index is 377. The van der Waals surface area contributed by atoms with Crippen LogP contribution in [0.15, 0.2) is 35.2 Å². The number of hydrogen-bond acceptors (Lipinski definition) is 5. The van der Waals surface area contributed by atoms with Crippen molar-refractivity contribution in [3.8, 4) is 0 Å². The first-order valence-electron chi connectivity index (χ1n) is 5.19. The average molecular weight is 254 g/mol. The Labute approximate surface area is 104 Å². The Balaban J connectivity index is 2.70. The maximum absolute atomic E-state index is 11.6. The van der Waals surface area contributed by atoms with E-state index in [0.29, 0.717) is 0 Å². The summed E-state index contributed by atoms with van der Waals surface area (Å²) in [7, 11) is 0. The molecule has 0 N–H and O–H groups in total. The Morgan fingerprint density at radius 3 is 2.47 bits per heavy atom. The van der Waals surface area contributed by atoms with Crippen LogP contribution < -0.4 is 0 Å². The van der Waals surface area contributed by atoms with Crippen molar-refractivity contribution in [2.75, 3.05) is 6.61 Å². The molecule has 17 heavy (non-hydrogen) atoms. The van der Waals surface area contributed by atoms with E-state index in [9.17, 15) is 9.59 Å². The van der Waals surface area contributed by atoms with Crippen LogP contribution in [0.2, 0.25) is 0 Å². The molecule has 0 bridgehead atoms. The Morgan fingerprint density at radius 1 is 1.29 bits per heavy atom. The Morgan fingerprint density at radius 2 is 1.94 bits per heavy atom. The van der Waals surface area contributed by atoms with Crippen molar-refractivity contribution in [3.63, 3.8) is 0 Å². The molecule has 0 aliphatic carbocycles. The van der Waals surface area contributed by atoms with E-state index in [1.807, 2.05) is 30.3 Å². The molecule has 0 fully saturated rings. The zero-order valence-corrected chi connectivity index (χ0v) is 10.5. The highest BCUT2D eigenvalue weighted by Gasteiger charge is 2.24. The van der Waals surface area contributed by atoms with Crippen LogP contribution in [0.25, 0.3) is 0 Å². The van der Waals surface area contributed by atoms with E-state index in [0.717, 1.165) is 16.7 Å². The van der Waals surface area contributed by atoms with Gasteiger partial charge < -0.3 is 9.47 Å². The van der Waals surface area contributed by atoms with Crippen LogP contribution in [-0.4, -0.2) is 24.0 Å². The molecule has 0 saturated heterocycles. The summed E-state index contributed by atoms with van der Waals surface area (Å²) in [6, 6.07) is 9.23. The van der Waals surface area contributed by atoms with Crippen molar-refractivity contribution >= 4 is 23.7 Å². The molecule has 1 rings (SSSR count). The maximum Gasteiger partial charge on any atom is 0.358 e. The third-order valence-corrected chi connectivity index (χ3v) is 2.79. The largest absolute Gasteiger partial charge is 0.463 e. The summed E-state index contributed by atoms with van der Waals surface area (Å²) in [5.41, 5.74) is -0.949. The number of esters is 2. The van der Waals surface area contributed by atoms with Crippen molar-refractivity contribution in [1.29, 1.82) is 0 Å². The topological polar surface area (TPSA) is 52.6 Å². The van der Waals surface area contributed by atoms with Crippen molar-refractivity contribution in [2.45, 2.75) is 24.2 Å². The molecular formula is C12H14O4S. The second-order valence-electron chi connectivity index (χ2n) is 3.12. The van der Waals surface area contributed by atoms with Gasteiger partial charge in [-0.25, -0.2) is 4.79 Å². The molecule has 0 aliphatic heterocycles. The lowest BCUT2D eigenvalue weighted by Gasteiger charge is -2.14. The van der Waals surface area contributed by atoms with E-state index in [1.54, 1.807) is 6.92 Å². The first-order valence-corrected chi connectivity index (χ1v) is 6.07. The molecule has 0 aromatic heterocycles. The number of ether oxygens (including phenoxy) is 2. The summed E-state index contributed by atoms with van der Waals surface area (Å²) in [6.07, 6.45) is 0. The summed E-state index contributed by atoms with van der Waals surface area (Å²) in [5.74, 6) is -1.05. The van der Waals surface area contributed by atoms with E-state index in [-0.39, 0.29) is 6.61 Å². The molecular weight excluding hydrogens is 240 g/mol. The van der Waals surface area contributed by atoms with Gasteiger partial charge in [0.1, 0.15) is 0 Å². The van der Waals surface area contributed by atoms with Gasteiger partial charge in [0, 0.05) is 11.8 Å². The van der Waals surface area contributed by atoms with E-state index < -0.39 is 17.4 Å². The second-order valence-corrected chi connectivity index (χ2v) is 4.26. The van der Waals surface area contributed by atoms with Gasteiger partial charge >= 0.3 is 11.9 Å². The predicted octanol–water partition coefficient (Wildman–Crippen LogP) is 2.23. The van der Waals surface area contributed by atoms with Gasteiger partial charge in [0.15, 0.2) is 0 Å². The van der Waals surface area contributed by atoms with Gasteiger partial charge in [-0.15, -0.1) is 0 Å². The van der Waals surface area contributed by atoms with Gasteiger partial charge in [-0.3, -0.25) is 4.79 Å². The third kappa shape index (κ3) is 4.91. The van der Waals surface area contributed by atoms with Gasteiger partial charge in [0.2, 0.25) is 5.44 Å². The lowest BCUT2D eigenvalue weighted by molar-refractivity contribution is -0.159. The Kier molecular flexibility index (Phi) is 5.56. The number of thioether (sulfide) groups is 1. The van der Waals surface area contributed by atoms with Gasteiger partial charge in [-0.2, -0.15) is 0 Å². The number of hydrogen-bond donors (Lipinski definition) is 0. The van der Waals surface area contributed by atoms with Crippen LogP contribution in [0, 0.1) is 0 Å². The molecule has 0 aliphatic rings. The summed E-state index contributed by atoms with van der Waals surface area (Å²) >= 11 is 1.15. The first kappa shape index (κ1) is 13.6. The fraction of sp³-hybridized carbons (Fsp3) is 0.333. The summed E-state index contributed by atoms with van der Waals surface area (Å²) < 4.78 is 9.76. The highest BCUT2D eigenvalue weighted by molar-refractivity contribution is 8.00. The number of carbonyl (C=O) groups is 2. The standard InChI is InChI=1S/C12H14O4S/c1-3-15-11(14)12(16-9(2)13)17-10-7-5-4-6-8-10/h4-8,12H,3H2,1-2H3. The van der Waals surface area contributed by atoms with Crippen molar-refractivity contribution < 1.29 is 19.1 Å². The highest BCUT2D eigenvalue weighted by Crippen LogP contribution is 2.24. The zero-order chi connectivity index (χ0) is 12.7. The van der Waals surface area contributed by atoms with Gasteiger partial charge in [-0.1, -0.05) is 30.0 Å². The lowest BCUT2D eigenvalue weighted by Crippen LogP contribution is -2.25. The van der Waals surface area contributed by atoms with Crippen LogP contribution in [-0.2, 0) is 19.1 Å². The smallest absolute Gasteiger partial charge is 0.358 e. The quantitative estimate of drug-likeness (QED) is 0.458. The van der Waals surface area contributed by atoms with Crippen molar-refractivity contribution in [1.82, 2.24) is 0 Å². The van der Waals surface area contributed by atoms with Crippen LogP contribution >= 0.6 is 11.8 Å². The molecule has 5 heteroatoms. The van der Waals surface area contributed by atoms with Gasteiger partial charge in [-0.05, 0) is 19.1 Å². The molecule has 0 amide bonds. The maximum atomic E-state index is 11.6. The number of carbonyl (C=O) groups excluding carboxylic acids is 2. The number of rotatable bonds is 5. The molecule has 4 nitrogen and oxygen atoms in total. The zero-order valence-electron chi connectivity index (χ0n) is 9.71. The van der Waals surface area contributed by atoms with Crippen LogP contribution in [0.3, 0.4) is 0 Å². The van der Waals surface area contributed by atoms with Crippen LogP contribution in [0.4, 0.5) is 0 Å². The molecule has 0 radical (unpaired) electrons. The molecule has 1 aromatic rings. The minimum Gasteiger partial charge on any atom is -0.463 e. The van der Waals surface area contributed by atoms with E-state index in [1.165, 1.54) is 6.92 Å². The molecule has 1 aromatic carbocycles. The normalized spacial score (nSPS) is 11.6. The second kappa shape index (κ2) is 6.96. The van der Waals surface area contributed by atoms with Gasteiger partial charge in [0.05, 0.1) is 6.61 Å². The highest BCUT2D eigenvalue weighted by atomic mass is 32.2. The minimum absolute atomic E-state index is 0.256.